The summed E-state index contributed by atoms with van der Waals surface area (Å²) in [6.07, 6.45) is 15.2. The van der Waals surface area contributed by atoms with Crippen LogP contribution in [0.25, 0.3) is 0 Å². The van der Waals surface area contributed by atoms with Crippen molar-refractivity contribution >= 4 is 0 Å². The van der Waals surface area contributed by atoms with E-state index in [9.17, 15) is 4.39 Å². The van der Waals surface area contributed by atoms with Gasteiger partial charge in [-0.3, -0.25) is 0 Å². The fraction of sp³-hybridized carbons (Fsp3) is 0.667. The molecule has 2 fully saturated rings. The largest absolute Gasteiger partial charge is 0.494 e. The summed E-state index contributed by atoms with van der Waals surface area (Å²) in [7, 11) is 0. The molecule has 0 aliphatic heterocycles. The van der Waals surface area contributed by atoms with Crippen molar-refractivity contribution in [2.45, 2.75) is 77.0 Å². The van der Waals surface area contributed by atoms with E-state index < -0.39 is 0 Å². The van der Waals surface area contributed by atoms with E-state index in [0.29, 0.717) is 5.92 Å². The third-order valence-corrected chi connectivity index (χ3v) is 6.72. The van der Waals surface area contributed by atoms with E-state index in [1.54, 1.807) is 6.08 Å². The van der Waals surface area contributed by atoms with Crippen LogP contribution in [0.4, 0.5) is 4.39 Å². The van der Waals surface area contributed by atoms with Gasteiger partial charge in [0.05, 0.1) is 12.9 Å². The molecule has 0 amide bonds. The molecule has 144 valence electrons. The van der Waals surface area contributed by atoms with Crippen molar-refractivity contribution in [2.75, 3.05) is 6.61 Å². The second kappa shape index (κ2) is 10.1. The molecule has 0 saturated heterocycles. The number of benzene rings is 1. The van der Waals surface area contributed by atoms with Crippen LogP contribution < -0.4 is 4.74 Å². The topological polar surface area (TPSA) is 9.23 Å². The van der Waals surface area contributed by atoms with Crippen LogP contribution in [0.2, 0.25) is 0 Å². The molecule has 0 aromatic heterocycles. The van der Waals surface area contributed by atoms with E-state index in [4.69, 9.17) is 4.74 Å². The Morgan fingerprint density at radius 3 is 2.12 bits per heavy atom. The third kappa shape index (κ3) is 5.34. The molecule has 0 atom stereocenters. The summed E-state index contributed by atoms with van der Waals surface area (Å²) in [5, 5.41) is 0. The van der Waals surface area contributed by atoms with Crippen molar-refractivity contribution in [2.24, 2.45) is 17.8 Å². The monoisotopic (exact) mass is 358 g/mol. The normalized spacial score (nSPS) is 29.8. The van der Waals surface area contributed by atoms with Crippen LogP contribution in [0.3, 0.4) is 0 Å². The lowest BCUT2D eigenvalue weighted by atomic mass is 9.68. The Morgan fingerprint density at radius 1 is 0.923 bits per heavy atom. The second-order valence-corrected chi connectivity index (χ2v) is 8.38. The summed E-state index contributed by atoms with van der Waals surface area (Å²) in [4.78, 5) is 0. The fourth-order valence-corrected chi connectivity index (χ4v) is 5.01. The Morgan fingerprint density at radius 2 is 1.54 bits per heavy atom. The van der Waals surface area contributed by atoms with Crippen molar-refractivity contribution in [3.05, 3.63) is 42.2 Å². The minimum absolute atomic E-state index is 0.491. The highest BCUT2D eigenvalue weighted by Crippen LogP contribution is 2.44. The number of allylic oxidation sites excluding steroid dienone is 1. The first kappa shape index (κ1) is 19.5. The summed E-state index contributed by atoms with van der Waals surface area (Å²) in [5.41, 5.74) is 1.49. The number of hydrogen-bond acceptors (Lipinski definition) is 1. The van der Waals surface area contributed by atoms with E-state index >= 15 is 0 Å². The van der Waals surface area contributed by atoms with Crippen LogP contribution >= 0.6 is 0 Å². The zero-order valence-corrected chi connectivity index (χ0v) is 16.3. The van der Waals surface area contributed by atoms with Crippen LogP contribution in [0.15, 0.2) is 36.7 Å². The molecule has 26 heavy (non-hydrogen) atoms. The SMILES string of the molecule is CCCCOc1ccc(C2CCC(C3CCC(C=CF)CC3)CC2)cc1. The van der Waals surface area contributed by atoms with Gasteiger partial charge in [0.2, 0.25) is 0 Å². The molecule has 0 radical (unpaired) electrons. The van der Waals surface area contributed by atoms with Gasteiger partial charge < -0.3 is 4.74 Å². The van der Waals surface area contributed by atoms with Crippen LogP contribution in [0, 0.1) is 17.8 Å². The third-order valence-electron chi connectivity index (χ3n) is 6.72. The van der Waals surface area contributed by atoms with Crippen molar-refractivity contribution in [1.82, 2.24) is 0 Å². The minimum atomic E-state index is 0.491. The standard InChI is InChI=1S/C24H35FO/c1-2-3-18-26-24-14-12-23(13-15-24)22-10-8-21(9-11-22)20-6-4-19(5-7-20)16-17-25/h12-17,19-22H,2-11,18H2,1H3. The summed E-state index contributed by atoms with van der Waals surface area (Å²) in [6.45, 7) is 3.01. The Kier molecular flexibility index (Phi) is 7.58. The van der Waals surface area contributed by atoms with Gasteiger partial charge in [-0.15, -0.1) is 0 Å². The number of unbranched alkanes of at least 4 members (excludes halogenated alkanes) is 1. The molecule has 2 saturated carbocycles. The zero-order chi connectivity index (χ0) is 18.2. The molecule has 1 aromatic rings. The Labute approximate surface area is 159 Å². The Bertz CT molecular complexity index is 534. The van der Waals surface area contributed by atoms with Gasteiger partial charge in [0.25, 0.3) is 0 Å². The van der Waals surface area contributed by atoms with E-state index in [-0.39, 0.29) is 0 Å². The molecule has 0 spiro atoms. The maximum atomic E-state index is 12.3. The summed E-state index contributed by atoms with van der Waals surface area (Å²) < 4.78 is 18.1. The first-order chi connectivity index (χ1) is 12.8. The van der Waals surface area contributed by atoms with Gasteiger partial charge in [-0.2, -0.15) is 0 Å². The number of halogens is 1. The smallest absolute Gasteiger partial charge is 0.119 e. The van der Waals surface area contributed by atoms with Crippen LogP contribution in [0.5, 0.6) is 5.75 Å². The summed E-state index contributed by atoms with van der Waals surface area (Å²) in [6, 6.07) is 8.86. The predicted octanol–water partition coefficient (Wildman–Crippen LogP) is 7.43. The molecule has 0 unspecified atom stereocenters. The molecule has 1 nitrogen and oxygen atoms in total. The van der Waals surface area contributed by atoms with Gasteiger partial charge >= 0.3 is 0 Å². The zero-order valence-electron chi connectivity index (χ0n) is 16.3. The number of hydrogen-bond donors (Lipinski definition) is 0. The maximum Gasteiger partial charge on any atom is 0.119 e. The van der Waals surface area contributed by atoms with Crippen molar-refractivity contribution in [3.63, 3.8) is 0 Å². The average molecular weight is 359 g/mol. The molecule has 3 rings (SSSR count). The molecule has 1 aromatic carbocycles. The van der Waals surface area contributed by atoms with Crippen molar-refractivity contribution in [1.29, 1.82) is 0 Å². The van der Waals surface area contributed by atoms with E-state index in [0.717, 1.165) is 42.9 Å². The van der Waals surface area contributed by atoms with E-state index in [2.05, 4.69) is 31.2 Å². The summed E-state index contributed by atoms with van der Waals surface area (Å²) in [5.74, 6) is 4.01. The van der Waals surface area contributed by atoms with Gasteiger partial charge in [-0.05, 0) is 99.2 Å². The molecule has 0 N–H and O–H groups in total. The predicted molar refractivity (Wildman–Crippen MR) is 107 cm³/mol. The average Bonchev–Trinajstić information content (AvgIpc) is 2.70. The Balaban J connectivity index is 1.43. The van der Waals surface area contributed by atoms with Gasteiger partial charge in [0.15, 0.2) is 0 Å². The van der Waals surface area contributed by atoms with Gasteiger partial charge in [0, 0.05) is 0 Å². The van der Waals surface area contributed by atoms with Crippen molar-refractivity contribution in [3.8, 4) is 5.75 Å². The van der Waals surface area contributed by atoms with E-state index in [1.165, 1.54) is 63.4 Å². The van der Waals surface area contributed by atoms with Crippen LogP contribution in [-0.4, -0.2) is 6.61 Å². The van der Waals surface area contributed by atoms with Gasteiger partial charge in [-0.25, -0.2) is 4.39 Å². The lowest BCUT2D eigenvalue weighted by Gasteiger charge is -2.37. The lowest BCUT2D eigenvalue weighted by Crippen LogP contribution is -2.25. The van der Waals surface area contributed by atoms with Gasteiger partial charge in [-0.1, -0.05) is 31.6 Å². The quantitative estimate of drug-likeness (QED) is 0.460. The van der Waals surface area contributed by atoms with Crippen LogP contribution in [-0.2, 0) is 0 Å². The highest BCUT2D eigenvalue weighted by atomic mass is 19.1. The molecule has 0 bridgehead atoms. The first-order valence-corrected chi connectivity index (χ1v) is 10.8. The highest BCUT2D eigenvalue weighted by Gasteiger charge is 2.30. The fourth-order valence-electron chi connectivity index (χ4n) is 5.01. The number of ether oxygens (including phenoxy) is 1. The Hall–Kier alpha value is -1.31. The minimum Gasteiger partial charge on any atom is -0.494 e. The molecule has 2 aliphatic rings. The van der Waals surface area contributed by atoms with Crippen molar-refractivity contribution < 1.29 is 9.13 Å². The highest BCUT2D eigenvalue weighted by molar-refractivity contribution is 5.29. The summed E-state index contributed by atoms with van der Waals surface area (Å²) >= 11 is 0. The molecule has 2 aliphatic carbocycles. The van der Waals surface area contributed by atoms with Crippen LogP contribution in [0.1, 0.15) is 82.6 Å². The molecule has 0 heterocycles. The lowest BCUT2D eigenvalue weighted by molar-refractivity contribution is 0.171. The molecule has 2 heteroatoms. The van der Waals surface area contributed by atoms with Gasteiger partial charge in [0.1, 0.15) is 5.75 Å². The van der Waals surface area contributed by atoms with E-state index in [1.807, 2.05) is 0 Å². The maximum absolute atomic E-state index is 12.3. The molecular formula is C24H35FO. The second-order valence-electron chi connectivity index (χ2n) is 8.38. The molecular weight excluding hydrogens is 323 g/mol. The number of rotatable bonds is 7. The first-order valence-electron chi connectivity index (χ1n) is 10.8.